The van der Waals surface area contributed by atoms with Crippen LogP contribution >= 0.6 is 0 Å². The Kier molecular flexibility index (Phi) is 6.97. The molecule has 0 aliphatic carbocycles. The van der Waals surface area contributed by atoms with Crippen LogP contribution in [0.5, 0.6) is 5.75 Å². The molecule has 1 aliphatic rings. The Morgan fingerprint density at radius 1 is 1.16 bits per heavy atom. The maximum Gasteiger partial charge on any atom is 0.255 e. The van der Waals surface area contributed by atoms with Crippen LogP contribution in [0, 0.1) is 13.8 Å². The highest BCUT2D eigenvalue weighted by Crippen LogP contribution is 2.29. The summed E-state index contributed by atoms with van der Waals surface area (Å²) >= 11 is 0. The lowest BCUT2D eigenvalue weighted by atomic mass is 10.1. The summed E-state index contributed by atoms with van der Waals surface area (Å²) in [6, 6.07) is 11.0. The van der Waals surface area contributed by atoms with Crippen LogP contribution in [-0.2, 0) is 11.2 Å². The molecule has 0 spiro atoms. The molecular formula is C28H30N6O4. The number of aromatic nitrogens is 3. The predicted octanol–water partition coefficient (Wildman–Crippen LogP) is 4.04. The zero-order valence-corrected chi connectivity index (χ0v) is 21.8. The summed E-state index contributed by atoms with van der Waals surface area (Å²) < 4.78 is 12.3. The Bertz CT molecular complexity index is 1530. The van der Waals surface area contributed by atoms with Crippen LogP contribution in [0.1, 0.15) is 44.3 Å². The maximum absolute atomic E-state index is 12.9. The number of aryl methyl sites for hydroxylation is 2. The number of fused-ring (bicyclic) bond motifs is 2. The third-order valence-corrected chi connectivity index (χ3v) is 6.57. The molecule has 3 N–H and O–H groups in total. The van der Waals surface area contributed by atoms with E-state index in [1.807, 2.05) is 51.1 Å². The van der Waals surface area contributed by atoms with Gasteiger partial charge in [0.2, 0.25) is 0 Å². The van der Waals surface area contributed by atoms with Gasteiger partial charge in [-0.1, -0.05) is 6.07 Å². The van der Waals surface area contributed by atoms with E-state index in [4.69, 9.17) is 9.47 Å². The third kappa shape index (κ3) is 5.03. The highest BCUT2D eigenvalue weighted by atomic mass is 16.5. The summed E-state index contributed by atoms with van der Waals surface area (Å²) in [7, 11) is 1.60. The van der Waals surface area contributed by atoms with Crippen LogP contribution in [-0.4, -0.2) is 52.8 Å². The number of carbonyl (C=O) groups is 2. The number of nitrogens with zero attached hydrogens (tertiary/aromatic N) is 3. The molecule has 5 rings (SSSR count). The van der Waals surface area contributed by atoms with Crippen molar-refractivity contribution in [1.82, 2.24) is 19.9 Å². The molecule has 3 heterocycles. The largest absolute Gasteiger partial charge is 0.493 e. The normalized spacial score (nSPS) is 13.1. The molecule has 1 aliphatic heterocycles. The second-order valence-corrected chi connectivity index (χ2v) is 9.43. The van der Waals surface area contributed by atoms with Gasteiger partial charge < -0.3 is 25.4 Å². The van der Waals surface area contributed by atoms with E-state index in [0.717, 1.165) is 34.5 Å². The Labute approximate surface area is 220 Å². The van der Waals surface area contributed by atoms with Gasteiger partial charge in [0, 0.05) is 42.7 Å². The van der Waals surface area contributed by atoms with Gasteiger partial charge in [-0.2, -0.15) is 5.10 Å². The van der Waals surface area contributed by atoms with Crippen molar-refractivity contribution >= 4 is 34.5 Å². The van der Waals surface area contributed by atoms with E-state index in [2.05, 4.69) is 26.0 Å². The van der Waals surface area contributed by atoms with Gasteiger partial charge in [-0.05, 0) is 67.8 Å². The van der Waals surface area contributed by atoms with Gasteiger partial charge >= 0.3 is 0 Å². The second kappa shape index (κ2) is 10.5. The second-order valence-electron chi connectivity index (χ2n) is 9.43. The first-order valence-corrected chi connectivity index (χ1v) is 12.4. The number of hydrogen-bond donors (Lipinski definition) is 3. The van der Waals surface area contributed by atoms with Gasteiger partial charge in [-0.3, -0.25) is 9.59 Å². The number of anilines is 3. The summed E-state index contributed by atoms with van der Waals surface area (Å²) in [5.74, 6) is 0.985. The Morgan fingerprint density at radius 2 is 2.00 bits per heavy atom. The quantitative estimate of drug-likeness (QED) is 0.325. The molecule has 2 aromatic heterocycles. The highest BCUT2D eigenvalue weighted by Gasteiger charge is 2.20. The number of amides is 2. The van der Waals surface area contributed by atoms with E-state index in [0.29, 0.717) is 41.4 Å². The van der Waals surface area contributed by atoms with Crippen LogP contribution in [0.4, 0.5) is 17.2 Å². The number of nitrogens with one attached hydrogen (secondary N) is 3. The molecule has 1 atom stereocenters. The molecule has 2 aromatic carbocycles. The first-order valence-electron chi connectivity index (χ1n) is 12.4. The molecule has 0 bridgehead atoms. The predicted molar refractivity (Wildman–Crippen MR) is 145 cm³/mol. The fraction of sp³-hybridized carbons (Fsp3) is 0.286. The Hall–Kier alpha value is -4.44. The molecule has 0 radical (unpaired) electrons. The minimum Gasteiger partial charge on any atom is -0.493 e. The number of hydrogen-bond acceptors (Lipinski definition) is 7. The number of methoxy groups -OCH3 is 1. The molecule has 38 heavy (non-hydrogen) atoms. The number of carbonyl (C=O) groups excluding carboxylic acids is 2. The van der Waals surface area contributed by atoms with Crippen LogP contribution in [0.15, 0.2) is 48.9 Å². The average molecular weight is 515 g/mol. The molecule has 10 nitrogen and oxygen atoms in total. The summed E-state index contributed by atoms with van der Waals surface area (Å²) in [4.78, 5) is 30.2. The molecule has 0 saturated heterocycles. The molecule has 196 valence electrons. The lowest BCUT2D eigenvalue weighted by Crippen LogP contribution is -2.35. The third-order valence-electron chi connectivity index (χ3n) is 6.57. The number of benzene rings is 2. The summed E-state index contributed by atoms with van der Waals surface area (Å²) in [6.45, 7) is 6.77. The molecular weight excluding hydrogens is 484 g/mol. The summed E-state index contributed by atoms with van der Waals surface area (Å²) in [5, 5.41) is 13.6. The molecule has 4 aromatic rings. The van der Waals surface area contributed by atoms with Crippen molar-refractivity contribution < 1.29 is 19.1 Å². The van der Waals surface area contributed by atoms with E-state index in [1.165, 1.54) is 6.33 Å². The standard InChI is InChI=1S/C28H30N6O4/c1-16-5-7-21(32-27(35)20-6-8-24-19(11-20)9-10-38-24)12-23(16)33-26-25-18(3)22(13-34(25)30-15-29-26)28(36)31-17(2)14-37-4/h5-8,11-13,15,17H,9-10,14H2,1-4H3,(H,31,36)(H,32,35)(H,29,30,33)/t17-/m0/s1. The maximum atomic E-state index is 12.9. The van der Waals surface area contributed by atoms with Crippen molar-refractivity contribution in [3.8, 4) is 5.75 Å². The van der Waals surface area contributed by atoms with Gasteiger partial charge in [0.15, 0.2) is 5.82 Å². The smallest absolute Gasteiger partial charge is 0.255 e. The molecule has 2 amide bonds. The Balaban J connectivity index is 1.38. The van der Waals surface area contributed by atoms with E-state index >= 15 is 0 Å². The lowest BCUT2D eigenvalue weighted by Gasteiger charge is -2.13. The van der Waals surface area contributed by atoms with Crippen molar-refractivity contribution in [1.29, 1.82) is 0 Å². The average Bonchev–Trinajstić information content (AvgIpc) is 3.50. The SMILES string of the molecule is COC[C@H](C)NC(=O)c1cn2ncnc(Nc3cc(NC(=O)c4ccc5c(c4)CCO5)ccc3C)c2c1C. The van der Waals surface area contributed by atoms with Crippen LogP contribution in [0.3, 0.4) is 0 Å². The van der Waals surface area contributed by atoms with E-state index in [-0.39, 0.29) is 17.9 Å². The minimum absolute atomic E-state index is 0.135. The van der Waals surface area contributed by atoms with Gasteiger partial charge in [-0.15, -0.1) is 0 Å². The molecule has 0 fully saturated rings. The van der Waals surface area contributed by atoms with Crippen molar-refractivity contribution in [2.75, 3.05) is 31.0 Å². The van der Waals surface area contributed by atoms with Crippen molar-refractivity contribution in [3.05, 3.63) is 76.7 Å². The number of ether oxygens (including phenoxy) is 2. The summed E-state index contributed by atoms with van der Waals surface area (Å²) in [6.07, 6.45) is 3.93. The van der Waals surface area contributed by atoms with E-state index in [1.54, 1.807) is 23.9 Å². The van der Waals surface area contributed by atoms with Gasteiger partial charge in [0.25, 0.3) is 11.8 Å². The number of rotatable bonds is 8. The van der Waals surface area contributed by atoms with Crippen molar-refractivity contribution in [2.24, 2.45) is 0 Å². The molecule has 10 heteroatoms. The Morgan fingerprint density at radius 3 is 2.82 bits per heavy atom. The van der Waals surface area contributed by atoms with Crippen molar-refractivity contribution in [3.63, 3.8) is 0 Å². The molecule has 0 unspecified atom stereocenters. The fourth-order valence-corrected chi connectivity index (χ4v) is 4.57. The minimum atomic E-state index is -0.206. The monoisotopic (exact) mass is 514 g/mol. The highest BCUT2D eigenvalue weighted by molar-refractivity contribution is 6.05. The van der Waals surface area contributed by atoms with Crippen LogP contribution in [0.25, 0.3) is 5.52 Å². The fourth-order valence-electron chi connectivity index (χ4n) is 4.57. The zero-order chi connectivity index (χ0) is 26.8. The topological polar surface area (TPSA) is 119 Å². The summed E-state index contributed by atoms with van der Waals surface area (Å²) in [5.41, 5.74) is 5.94. The van der Waals surface area contributed by atoms with Crippen molar-refractivity contribution in [2.45, 2.75) is 33.2 Å². The first kappa shape index (κ1) is 25.2. The van der Waals surface area contributed by atoms with Crippen LogP contribution in [0.2, 0.25) is 0 Å². The van der Waals surface area contributed by atoms with Gasteiger partial charge in [0.1, 0.15) is 17.6 Å². The lowest BCUT2D eigenvalue weighted by molar-refractivity contribution is 0.0904. The van der Waals surface area contributed by atoms with E-state index in [9.17, 15) is 9.59 Å². The van der Waals surface area contributed by atoms with Crippen LogP contribution < -0.4 is 20.7 Å². The zero-order valence-electron chi connectivity index (χ0n) is 21.8. The van der Waals surface area contributed by atoms with Gasteiger partial charge in [-0.25, -0.2) is 9.50 Å². The first-order chi connectivity index (χ1) is 18.3. The molecule has 0 saturated carbocycles. The van der Waals surface area contributed by atoms with Gasteiger partial charge in [0.05, 0.1) is 18.8 Å². The van der Waals surface area contributed by atoms with E-state index < -0.39 is 0 Å².